The number of nitrogens with zero attached hydrogens (tertiary/aromatic N) is 1. The number of carbonyl (C=O) groups is 1. The van der Waals surface area contributed by atoms with Gasteiger partial charge in [-0.1, -0.05) is 0 Å². The molecule has 2 aliphatic rings. The van der Waals surface area contributed by atoms with Crippen molar-refractivity contribution in [3.63, 3.8) is 0 Å². The number of hydrogen-bond acceptors (Lipinski definition) is 2. The summed E-state index contributed by atoms with van der Waals surface area (Å²) in [6, 6.07) is 0. The molecule has 0 aromatic rings. The molecule has 1 aliphatic heterocycles. The highest BCUT2D eigenvalue weighted by atomic mass is 16.7. The van der Waals surface area contributed by atoms with Gasteiger partial charge in [-0.2, -0.15) is 0 Å². The van der Waals surface area contributed by atoms with E-state index in [9.17, 15) is 4.79 Å². The molecule has 2 fully saturated rings. The minimum absolute atomic E-state index is 0.206. The van der Waals surface area contributed by atoms with Gasteiger partial charge in [-0.25, -0.2) is 5.06 Å². The molecule has 0 radical (unpaired) electrons. The smallest absolute Gasteiger partial charge is 0.249 e. The normalized spacial score (nSPS) is 25.4. The zero-order valence-electron chi connectivity index (χ0n) is 5.88. The van der Waals surface area contributed by atoms with Gasteiger partial charge in [-0.05, 0) is 19.3 Å². The topological polar surface area (TPSA) is 29.5 Å². The lowest BCUT2D eigenvalue weighted by Gasteiger charge is -2.12. The zero-order valence-corrected chi connectivity index (χ0v) is 5.88. The van der Waals surface area contributed by atoms with Crippen LogP contribution in [0.1, 0.15) is 19.3 Å². The summed E-state index contributed by atoms with van der Waals surface area (Å²) >= 11 is 0. The second-order valence-corrected chi connectivity index (χ2v) is 2.90. The van der Waals surface area contributed by atoms with E-state index >= 15 is 0 Å². The first-order valence-corrected chi connectivity index (χ1v) is 3.82. The van der Waals surface area contributed by atoms with Gasteiger partial charge in [0.15, 0.2) is 0 Å². The van der Waals surface area contributed by atoms with Gasteiger partial charge < -0.3 is 0 Å². The molecule has 3 heteroatoms. The molecule has 0 unspecified atom stereocenters. The summed E-state index contributed by atoms with van der Waals surface area (Å²) in [5.74, 6) is 0.510. The Balaban J connectivity index is 1.90. The van der Waals surface area contributed by atoms with Gasteiger partial charge in [0.25, 0.3) is 0 Å². The molecule has 1 saturated heterocycles. The van der Waals surface area contributed by atoms with Crippen LogP contribution in [0.2, 0.25) is 0 Å². The van der Waals surface area contributed by atoms with Gasteiger partial charge in [0.2, 0.25) is 5.91 Å². The SMILES string of the molecule is O=C(C1CC1)N1CCCO1. The van der Waals surface area contributed by atoms with Crippen LogP contribution in [0.3, 0.4) is 0 Å². The maximum atomic E-state index is 11.2. The molecule has 0 atom stereocenters. The molecule has 1 aliphatic carbocycles. The molecule has 1 saturated carbocycles. The molecule has 1 amide bonds. The Labute approximate surface area is 59.9 Å². The van der Waals surface area contributed by atoms with Crippen LogP contribution in [-0.2, 0) is 9.63 Å². The van der Waals surface area contributed by atoms with Crippen molar-refractivity contribution in [3.05, 3.63) is 0 Å². The lowest BCUT2D eigenvalue weighted by atomic mass is 10.4. The van der Waals surface area contributed by atoms with Crippen molar-refractivity contribution in [3.8, 4) is 0 Å². The number of hydroxylamine groups is 2. The third-order valence-corrected chi connectivity index (χ3v) is 1.93. The van der Waals surface area contributed by atoms with Crippen molar-refractivity contribution >= 4 is 5.91 Å². The predicted octanol–water partition coefficient (Wildman–Crippen LogP) is 0.560. The highest BCUT2D eigenvalue weighted by Gasteiger charge is 2.35. The number of carbonyl (C=O) groups excluding carboxylic acids is 1. The number of rotatable bonds is 1. The molecule has 3 nitrogen and oxygen atoms in total. The first-order valence-electron chi connectivity index (χ1n) is 3.82. The Kier molecular flexibility index (Phi) is 1.38. The molecule has 10 heavy (non-hydrogen) atoms. The highest BCUT2D eigenvalue weighted by Crippen LogP contribution is 2.31. The van der Waals surface area contributed by atoms with Crippen LogP contribution in [-0.4, -0.2) is 24.1 Å². The molecule has 0 aromatic carbocycles. The summed E-state index contributed by atoms with van der Waals surface area (Å²) in [4.78, 5) is 16.3. The monoisotopic (exact) mass is 141 g/mol. The summed E-state index contributed by atoms with van der Waals surface area (Å²) in [7, 11) is 0. The van der Waals surface area contributed by atoms with E-state index in [-0.39, 0.29) is 5.91 Å². The molecule has 1 heterocycles. The maximum Gasteiger partial charge on any atom is 0.249 e. The zero-order chi connectivity index (χ0) is 6.97. The van der Waals surface area contributed by atoms with E-state index < -0.39 is 0 Å². The molecule has 0 bridgehead atoms. The van der Waals surface area contributed by atoms with E-state index in [0.29, 0.717) is 5.92 Å². The van der Waals surface area contributed by atoms with E-state index in [1.165, 1.54) is 5.06 Å². The molecular formula is C7H11NO2. The molecule has 2 rings (SSSR count). The lowest BCUT2D eigenvalue weighted by molar-refractivity contribution is -0.170. The van der Waals surface area contributed by atoms with Crippen molar-refractivity contribution in [2.24, 2.45) is 5.92 Å². The van der Waals surface area contributed by atoms with Crippen LogP contribution < -0.4 is 0 Å². The highest BCUT2D eigenvalue weighted by molar-refractivity contribution is 5.80. The Morgan fingerprint density at radius 3 is 2.80 bits per heavy atom. The standard InChI is InChI=1S/C7H11NO2/c9-7(6-2-3-6)8-4-1-5-10-8/h6H,1-5H2. The van der Waals surface area contributed by atoms with Gasteiger partial charge in [0, 0.05) is 5.92 Å². The Hall–Kier alpha value is -0.570. The first kappa shape index (κ1) is 6.16. The van der Waals surface area contributed by atoms with Gasteiger partial charge in [-0.15, -0.1) is 0 Å². The van der Waals surface area contributed by atoms with Gasteiger partial charge in [0.05, 0.1) is 13.2 Å². The summed E-state index contributed by atoms with van der Waals surface area (Å²) < 4.78 is 0. The largest absolute Gasteiger partial charge is 0.272 e. The van der Waals surface area contributed by atoms with Crippen LogP contribution in [0.15, 0.2) is 0 Å². The number of hydrogen-bond donors (Lipinski definition) is 0. The van der Waals surface area contributed by atoms with E-state index in [2.05, 4.69) is 0 Å². The molecule has 56 valence electrons. The minimum atomic E-state index is 0.206. The Morgan fingerprint density at radius 1 is 1.50 bits per heavy atom. The fourth-order valence-corrected chi connectivity index (χ4v) is 1.16. The van der Waals surface area contributed by atoms with Crippen molar-refractivity contribution in [2.45, 2.75) is 19.3 Å². The van der Waals surface area contributed by atoms with Crippen molar-refractivity contribution in [1.82, 2.24) is 5.06 Å². The van der Waals surface area contributed by atoms with Crippen LogP contribution in [0.5, 0.6) is 0 Å². The molecule has 0 N–H and O–H groups in total. The fourth-order valence-electron chi connectivity index (χ4n) is 1.16. The van der Waals surface area contributed by atoms with E-state index in [1.807, 2.05) is 0 Å². The van der Waals surface area contributed by atoms with Crippen LogP contribution >= 0.6 is 0 Å². The lowest BCUT2D eigenvalue weighted by Crippen LogP contribution is -2.27. The average molecular weight is 141 g/mol. The van der Waals surface area contributed by atoms with Gasteiger partial charge in [-0.3, -0.25) is 9.63 Å². The first-order chi connectivity index (χ1) is 4.88. The van der Waals surface area contributed by atoms with Gasteiger partial charge in [0.1, 0.15) is 0 Å². The average Bonchev–Trinajstić information content (AvgIpc) is 2.65. The van der Waals surface area contributed by atoms with Crippen LogP contribution in [0.4, 0.5) is 0 Å². The van der Waals surface area contributed by atoms with Crippen LogP contribution in [0, 0.1) is 5.92 Å². The van der Waals surface area contributed by atoms with Crippen molar-refractivity contribution in [1.29, 1.82) is 0 Å². The summed E-state index contributed by atoms with van der Waals surface area (Å²) in [5.41, 5.74) is 0. The fraction of sp³-hybridized carbons (Fsp3) is 0.857. The third kappa shape index (κ3) is 1.01. The maximum absolute atomic E-state index is 11.2. The number of amides is 1. The minimum Gasteiger partial charge on any atom is -0.272 e. The van der Waals surface area contributed by atoms with Gasteiger partial charge >= 0.3 is 0 Å². The predicted molar refractivity (Wildman–Crippen MR) is 35.0 cm³/mol. The third-order valence-electron chi connectivity index (χ3n) is 1.93. The van der Waals surface area contributed by atoms with E-state index in [4.69, 9.17) is 4.84 Å². The van der Waals surface area contributed by atoms with Crippen molar-refractivity contribution in [2.75, 3.05) is 13.2 Å². The van der Waals surface area contributed by atoms with Crippen LogP contribution in [0.25, 0.3) is 0 Å². The summed E-state index contributed by atoms with van der Waals surface area (Å²) in [6.45, 7) is 1.52. The molecular weight excluding hydrogens is 130 g/mol. The molecule has 0 spiro atoms. The Morgan fingerprint density at radius 2 is 2.30 bits per heavy atom. The molecule has 0 aromatic heterocycles. The summed E-state index contributed by atoms with van der Waals surface area (Å²) in [5, 5.41) is 1.53. The Bertz CT molecular complexity index is 148. The summed E-state index contributed by atoms with van der Waals surface area (Å²) in [6.07, 6.45) is 3.13. The second kappa shape index (κ2) is 2.23. The quantitative estimate of drug-likeness (QED) is 0.534. The second-order valence-electron chi connectivity index (χ2n) is 2.90. The van der Waals surface area contributed by atoms with Crippen molar-refractivity contribution < 1.29 is 9.63 Å². The van der Waals surface area contributed by atoms with E-state index in [1.54, 1.807) is 0 Å². The van der Waals surface area contributed by atoms with E-state index in [0.717, 1.165) is 32.4 Å².